The maximum Gasteiger partial charge on any atom is 0.289 e. The first kappa shape index (κ1) is 14.7. The molecule has 2 saturated heterocycles. The summed E-state index contributed by atoms with van der Waals surface area (Å²) in [7, 11) is 0. The number of carbonyl (C=O) groups excluding carboxylic acids is 3. The van der Waals surface area contributed by atoms with E-state index in [0.717, 1.165) is 11.8 Å². The summed E-state index contributed by atoms with van der Waals surface area (Å²) in [4.78, 5) is 38.3. The van der Waals surface area contributed by atoms with Gasteiger partial charge in [0.15, 0.2) is 0 Å². The van der Waals surface area contributed by atoms with Crippen molar-refractivity contribution < 1.29 is 14.4 Å². The van der Waals surface area contributed by atoms with Gasteiger partial charge in [0.05, 0.1) is 21.8 Å². The molecule has 0 saturated carbocycles. The Hall–Kier alpha value is -1.24. The Morgan fingerprint density at radius 3 is 2.48 bits per heavy atom. The summed E-state index contributed by atoms with van der Waals surface area (Å²) in [6.45, 7) is 0.717. The first-order valence-electron chi connectivity index (χ1n) is 6.20. The fraction of sp³-hybridized carbons (Fsp3) is 0.308. The Balaban J connectivity index is 1.65. The quantitative estimate of drug-likeness (QED) is 0.827. The number of benzene rings is 1. The van der Waals surface area contributed by atoms with E-state index < -0.39 is 0 Å². The number of nitrogens with zero attached hydrogens (tertiary/aromatic N) is 2. The zero-order chi connectivity index (χ0) is 15.1. The Morgan fingerprint density at radius 1 is 1.19 bits per heavy atom. The van der Waals surface area contributed by atoms with Gasteiger partial charge in [0, 0.05) is 18.7 Å². The summed E-state index contributed by atoms with van der Waals surface area (Å²) in [5.41, 5.74) is 0.441. The van der Waals surface area contributed by atoms with E-state index in [4.69, 9.17) is 23.2 Å². The molecule has 5 nitrogen and oxygen atoms in total. The van der Waals surface area contributed by atoms with Crippen LogP contribution in [0.1, 0.15) is 10.4 Å². The van der Waals surface area contributed by atoms with Crippen LogP contribution >= 0.6 is 35.0 Å². The summed E-state index contributed by atoms with van der Waals surface area (Å²) in [6, 6.07) is 4.47. The van der Waals surface area contributed by atoms with Crippen LogP contribution in [0.2, 0.25) is 10.0 Å². The maximum atomic E-state index is 12.2. The highest BCUT2D eigenvalue weighted by atomic mass is 35.5. The third-order valence-electron chi connectivity index (χ3n) is 3.47. The summed E-state index contributed by atoms with van der Waals surface area (Å²) in [5.74, 6) is -0.177. The molecule has 0 atom stereocenters. The van der Waals surface area contributed by atoms with Gasteiger partial charge in [-0.05, 0) is 18.2 Å². The molecule has 0 unspecified atom stereocenters. The van der Waals surface area contributed by atoms with Gasteiger partial charge >= 0.3 is 0 Å². The van der Waals surface area contributed by atoms with Gasteiger partial charge < -0.3 is 4.90 Å². The van der Waals surface area contributed by atoms with Gasteiger partial charge in [-0.15, -0.1) is 0 Å². The molecule has 110 valence electrons. The van der Waals surface area contributed by atoms with Crippen LogP contribution in [0.5, 0.6) is 0 Å². The summed E-state index contributed by atoms with van der Waals surface area (Å²) >= 11 is 12.7. The van der Waals surface area contributed by atoms with Crippen LogP contribution in [0.3, 0.4) is 0 Å². The van der Waals surface area contributed by atoms with Crippen LogP contribution in [-0.2, 0) is 4.79 Å². The van der Waals surface area contributed by atoms with Crippen LogP contribution < -0.4 is 0 Å². The molecular weight excluding hydrogens is 335 g/mol. The topological polar surface area (TPSA) is 57.7 Å². The standard InChI is InChI=1S/C13H10Cl2N2O3S/c14-9-2-1-7(3-10(9)15)12(19)16-4-8(5-16)17-11(18)6-21-13(17)20/h1-3,8H,4-6H2. The zero-order valence-electron chi connectivity index (χ0n) is 10.7. The Kier molecular flexibility index (Phi) is 3.86. The molecule has 2 fully saturated rings. The molecule has 1 aromatic rings. The van der Waals surface area contributed by atoms with Gasteiger partial charge in [-0.2, -0.15) is 0 Å². The highest BCUT2D eigenvalue weighted by Gasteiger charge is 2.43. The number of hydrogen-bond acceptors (Lipinski definition) is 4. The molecule has 8 heteroatoms. The second kappa shape index (κ2) is 5.51. The van der Waals surface area contributed by atoms with E-state index in [2.05, 4.69) is 0 Å². The van der Waals surface area contributed by atoms with Crippen molar-refractivity contribution in [3.05, 3.63) is 33.8 Å². The molecule has 2 aliphatic rings. The largest absolute Gasteiger partial charge is 0.334 e. The Morgan fingerprint density at radius 2 is 1.90 bits per heavy atom. The molecule has 1 aromatic carbocycles. The van der Waals surface area contributed by atoms with E-state index in [0.29, 0.717) is 28.7 Å². The van der Waals surface area contributed by atoms with Crippen molar-refractivity contribution in [2.45, 2.75) is 6.04 Å². The minimum atomic E-state index is -0.230. The number of carbonyl (C=O) groups is 3. The van der Waals surface area contributed by atoms with E-state index in [1.807, 2.05) is 0 Å². The van der Waals surface area contributed by atoms with E-state index in [1.165, 1.54) is 11.0 Å². The van der Waals surface area contributed by atoms with Gasteiger partial charge in [0.2, 0.25) is 5.91 Å². The van der Waals surface area contributed by atoms with Gasteiger partial charge in [0.1, 0.15) is 0 Å². The lowest BCUT2D eigenvalue weighted by atomic mass is 10.1. The van der Waals surface area contributed by atoms with Crippen molar-refractivity contribution in [3.63, 3.8) is 0 Å². The van der Waals surface area contributed by atoms with Crippen molar-refractivity contribution in [3.8, 4) is 0 Å². The molecule has 0 N–H and O–H groups in total. The predicted octanol–water partition coefficient (Wildman–Crippen LogP) is 2.51. The molecule has 3 amide bonds. The highest BCUT2D eigenvalue weighted by molar-refractivity contribution is 8.14. The lowest BCUT2D eigenvalue weighted by Gasteiger charge is -2.42. The van der Waals surface area contributed by atoms with E-state index in [-0.39, 0.29) is 28.8 Å². The number of thioether (sulfide) groups is 1. The first-order chi connectivity index (χ1) is 9.97. The van der Waals surface area contributed by atoms with Crippen molar-refractivity contribution in [2.24, 2.45) is 0 Å². The maximum absolute atomic E-state index is 12.2. The second-order valence-corrected chi connectivity index (χ2v) is 6.55. The average molecular weight is 345 g/mol. The van der Waals surface area contributed by atoms with Crippen molar-refractivity contribution in [2.75, 3.05) is 18.8 Å². The van der Waals surface area contributed by atoms with Gasteiger partial charge in [-0.25, -0.2) is 0 Å². The smallest absolute Gasteiger partial charge is 0.289 e. The fourth-order valence-electron chi connectivity index (χ4n) is 2.31. The van der Waals surface area contributed by atoms with Crippen LogP contribution in [-0.4, -0.2) is 51.7 Å². The van der Waals surface area contributed by atoms with Crippen molar-refractivity contribution >= 4 is 52.0 Å². The number of amides is 3. The Labute approximate surface area is 135 Å². The second-order valence-electron chi connectivity index (χ2n) is 4.81. The van der Waals surface area contributed by atoms with Crippen LogP contribution in [0.25, 0.3) is 0 Å². The van der Waals surface area contributed by atoms with Crippen LogP contribution in [0.4, 0.5) is 4.79 Å². The van der Waals surface area contributed by atoms with Gasteiger partial charge in [-0.3, -0.25) is 19.3 Å². The molecular formula is C13H10Cl2N2O3S. The molecule has 0 aromatic heterocycles. The lowest BCUT2D eigenvalue weighted by molar-refractivity contribution is -0.128. The third kappa shape index (κ3) is 2.63. The number of imide groups is 1. The lowest BCUT2D eigenvalue weighted by Crippen LogP contribution is -2.62. The third-order valence-corrected chi connectivity index (χ3v) is 5.04. The zero-order valence-corrected chi connectivity index (χ0v) is 13.0. The molecule has 21 heavy (non-hydrogen) atoms. The van der Waals surface area contributed by atoms with E-state index >= 15 is 0 Å². The van der Waals surface area contributed by atoms with E-state index in [1.54, 1.807) is 17.0 Å². The van der Waals surface area contributed by atoms with Crippen LogP contribution in [0, 0.1) is 0 Å². The molecule has 3 rings (SSSR count). The molecule has 0 aliphatic carbocycles. The Bertz CT molecular complexity index is 630. The van der Waals surface area contributed by atoms with E-state index in [9.17, 15) is 14.4 Å². The fourth-order valence-corrected chi connectivity index (χ4v) is 3.39. The minimum absolute atomic E-state index is 0.184. The summed E-state index contributed by atoms with van der Waals surface area (Å²) in [5, 5.41) is 0.479. The number of rotatable bonds is 2. The molecule has 2 heterocycles. The molecule has 0 bridgehead atoms. The highest BCUT2D eigenvalue weighted by Crippen LogP contribution is 2.28. The number of hydrogen-bond donors (Lipinski definition) is 0. The van der Waals surface area contributed by atoms with Gasteiger partial charge in [0.25, 0.3) is 11.1 Å². The van der Waals surface area contributed by atoms with Crippen molar-refractivity contribution in [1.29, 1.82) is 0 Å². The van der Waals surface area contributed by atoms with Crippen molar-refractivity contribution in [1.82, 2.24) is 9.80 Å². The van der Waals surface area contributed by atoms with Crippen LogP contribution in [0.15, 0.2) is 18.2 Å². The SMILES string of the molecule is O=C(c1ccc(Cl)c(Cl)c1)N1CC(N2C(=O)CSC2=O)C1. The summed E-state index contributed by atoms with van der Waals surface area (Å²) in [6.07, 6.45) is 0. The molecule has 2 aliphatic heterocycles. The monoisotopic (exact) mass is 344 g/mol. The average Bonchev–Trinajstić information content (AvgIpc) is 2.72. The molecule has 0 radical (unpaired) electrons. The minimum Gasteiger partial charge on any atom is -0.334 e. The number of halogens is 2. The summed E-state index contributed by atoms with van der Waals surface area (Å²) < 4.78 is 0. The first-order valence-corrected chi connectivity index (χ1v) is 7.94. The molecule has 0 spiro atoms. The predicted molar refractivity (Wildman–Crippen MR) is 80.9 cm³/mol. The normalized spacial score (nSPS) is 19.1. The number of likely N-dealkylation sites (tertiary alicyclic amines) is 1. The van der Waals surface area contributed by atoms with Gasteiger partial charge in [-0.1, -0.05) is 35.0 Å².